The van der Waals surface area contributed by atoms with Crippen LogP contribution < -0.4 is 0 Å². The van der Waals surface area contributed by atoms with Gasteiger partial charge in [0.15, 0.2) is 0 Å². The van der Waals surface area contributed by atoms with Crippen LogP contribution in [-0.2, 0) is 0 Å². The molecule has 1 unspecified atom stereocenters. The van der Waals surface area contributed by atoms with Crippen molar-refractivity contribution in [3.63, 3.8) is 0 Å². The molecular formula is C17H34O. The molecule has 1 atom stereocenters. The van der Waals surface area contributed by atoms with E-state index in [1.165, 1.54) is 44.9 Å². The van der Waals surface area contributed by atoms with Gasteiger partial charge < -0.3 is 5.11 Å². The minimum Gasteiger partial charge on any atom is -0.393 e. The van der Waals surface area contributed by atoms with Gasteiger partial charge in [0, 0.05) is 0 Å². The van der Waals surface area contributed by atoms with E-state index in [0.29, 0.717) is 16.7 Å². The van der Waals surface area contributed by atoms with Gasteiger partial charge in [-0.05, 0) is 23.2 Å². The lowest BCUT2D eigenvalue weighted by Crippen LogP contribution is -2.14. The lowest BCUT2D eigenvalue weighted by atomic mass is 10.00. The molecule has 1 aliphatic rings. The maximum Gasteiger partial charge on any atom is 0.0579 e. The van der Waals surface area contributed by atoms with Gasteiger partial charge in [-0.3, -0.25) is 0 Å². The Morgan fingerprint density at radius 2 is 1.28 bits per heavy atom. The summed E-state index contributed by atoms with van der Waals surface area (Å²) in [5.41, 5.74) is 0.654. The smallest absolute Gasteiger partial charge is 0.0579 e. The van der Waals surface area contributed by atoms with E-state index in [1.807, 2.05) is 0 Å². The summed E-state index contributed by atoms with van der Waals surface area (Å²) in [6.07, 6.45) is 10.3. The second-order valence-electron chi connectivity index (χ2n) is 7.40. The molecule has 0 saturated heterocycles. The van der Waals surface area contributed by atoms with Gasteiger partial charge in [-0.1, -0.05) is 79.6 Å². The third-order valence-electron chi connectivity index (χ3n) is 5.62. The molecule has 0 radical (unpaired) electrons. The van der Waals surface area contributed by atoms with Gasteiger partial charge in [-0.15, -0.1) is 0 Å². The first-order valence-corrected chi connectivity index (χ1v) is 8.03. The van der Waals surface area contributed by atoms with Crippen molar-refractivity contribution >= 4 is 0 Å². The molecule has 1 fully saturated rings. The summed E-state index contributed by atoms with van der Waals surface area (Å²) < 4.78 is 0. The van der Waals surface area contributed by atoms with Crippen LogP contribution in [0, 0.1) is 16.7 Å². The van der Waals surface area contributed by atoms with E-state index < -0.39 is 0 Å². The summed E-state index contributed by atoms with van der Waals surface area (Å²) in [6.45, 7) is 11.4. The Balaban J connectivity index is 2.07. The predicted octanol–water partition coefficient (Wildman–Crippen LogP) is 5.17. The van der Waals surface area contributed by atoms with E-state index in [2.05, 4.69) is 34.6 Å². The fourth-order valence-electron chi connectivity index (χ4n) is 3.69. The molecular weight excluding hydrogens is 220 g/mol. The molecule has 1 N–H and O–H groups in total. The highest BCUT2D eigenvalue weighted by atomic mass is 16.3. The fourth-order valence-corrected chi connectivity index (χ4v) is 3.69. The Hall–Kier alpha value is -0.0400. The van der Waals surface area contributed by atoms with Gasteiger partial charge >= 0.3 is 0 Å². The van der Waals surface area contributed by atoms with Gasteiger partial charge in [-0.2, -0.15) is 0 Å². The number of hydrogen-bond acceptors (Lipinski definition) is 1. The van der Waals surface area contributed by atoms with E-state index in [1.54, 1.807) is 0 Å². The van der Waals surface area contributed by atoms with Crippen LogP contribution in [0.1, 0.15) is 86.0 Å². The average Bonchev–Trinajstić information content (AvgIpc) is 2.68. The highest BCUT2D eigenvalue weighted by Crippen LogP contribution is 2.70. The molecule has 0 bridgehead atoms. The average molecular weight is 254 g/mol. The van der Waals surface area contributed by atoms with Crippen LogP contribution in [0.5, 0.6) is 0 Å². The lowest BCUT2D eigenvalue weighted by Gasteiger charge is -2.12. The highest BCUT2D eigenvalue weighted by Gasteiger charge is 2.66. The number of hydrogen-bond donors (Lipinski definition) is 1. The maximum absolute atomic E-state index is 10.3. The fraction of sp³-hybridized carbons (Fsp3) is 1.00. The van der Waals surface area contributed by atoms with Crippen LogP contribution in [-0.4, -0.2) is 11.2 Å². The van der Waals surface area contributed by atoms with Crippen molar-refractivity contribution in [3.8, 4) is 0 Å². The summed E-state index contributed by atoms with van der Waals surface area (Å²) in [7, 11) is 0. The van der Waals surface area contributed by atoms with Crippen LogP contribution >= 0.6 is 0 Å². The van der Waals surface area contributed by atoms with Crippen LogP contribution in [0.25, 0.3) is 0 Å². The van der Waals surface area contributed by atoms with Crippen molar-refractivity contribution in [2.24, 2.45) is 16.7 Å². The number of aliphatic hydroxyl groups is 1. The quantitative estimate of drug-likeness (QED) is 0.563. The molecule has 0 aromatic carbocycles. The van der Waals surface area contributed by atoms with Crippen LogP contribution in [0.2, 0.25) is 0 Å². The van der Waals surface area contributed by atoms with Gasteiger partial charge in [0.1, 0.15) is 0 Å². The van der Waals surface area contributed by atoms with Crippen molar-refractivity contribution in [1.82, 2.24) is 0 Å². The number of unbranched alkanes of at least 4 members (excludes halogenated alkanes) is 6. The summed E-state index contributed by atoms with van der Waals surface area (Å²) in [5, 5.41) is 10.3. The molecule has 1 heteroatoms. The van der Waals surface area contributed by atoms with Crippen LogP contribution in [0.3, 0.4) is 0 Å². The van der Waals surface area contributed by atoms with Gasteiger partial charge in [-0.25, -0.2) is 0 Å². The molecule has 0 amide bonds. The van der Waals surface area contributed by atoms with Crippen molar-refractivity contribution in [3.05, 3.63) is 0 Å². The second-order valence-corrected chi connectivity index (χ2v) is 7.40. The number of rotatable bonds is 9. The Bertz CT molecular complexity index is 228. The van der Waals surface area contributed by atoms with Crippen LogP contribution in [0.4, 0.5) is 0 Å². The zero-order valence-corrected chi connectivity index (χ0v) is 13.3. The van der Waals surface area contributed by atoms with Crippen molar-refractivity contribution in [2.45, 2.75) is 92.1 Å². The molecule has 1 aliphatic carbocycles. The predicted molar refractivity (Wildman–Crippen MR) is 79.7 cm³/mol. The van der Waals surface area contributed by atoms with Crippen molar-refractivity contribution in [1.29, 1.82) is 0 Å². The molecule has 1 rings (SSSR count). The molecule has 108 valence electrons. The Kier molecular flexibility index (Phi) is 5.70. The normalized spacial score (nSPS) is 23.0. The highest BCUT2D eigenvalue weighted by molar-refractivity contribution is 5.14. The van der Waals surface area contributed by atoms with E-state index in [4.69, 9.17) is 0 Å². The SMILES string of the molecule is CCCCCCCCCC(O)C1C(C)(C)C1(C)C. The summed E-state index contributed by atoms with van der Waals surface area (Å²) in [6, 6.07) is 0. The van der Waals surface area contributed by atoms with Gasteiger partial charge in [0.05, 0.1) is 6.10 Å². The third kappa shape index (κ3) is 3.50. The monoisotopic (exact) mass is 254 g/mol. The first kappa shape index (κ1) is 16.0. The van der Waals surface area contributed by atoms with Gasteiger partial charge in [0.2, 0.25) is 0 Å². The Morgan fingerprint density at radius 1 is 0.833 bits per heavy atom. The molecule has 0 spiro atoms. The molecule has 0 heterocycles. The minimum atomic E-state index is -0.0781. The van der Waals surface area contributed by atoms with E-state index >= 15 is 0 Å². The topological polar surface area (TPSA) is 20.2 Å². The third-order valence-corrected chi connectivity index (χ3v) is 5.62. The Morgan fingerprint density at radius 3 is 1.72 bits per heavy atom. The zero-order valence-electron chi connectivity index (χ0n) is 13.3. The zero-order chi connectivity index (χ0) is 13.8. The molecule has 1 nitrogen and oxygen atoms in total. The second kappa shape index (κ2) is 6.41. The number of aliphatic hydroxyl groups excluding tert-OH is 1. The standard InChI is InChI=1S/C17H34O/c1-6-7-8-9-10-11-12-13-14(18)15-16(2,3)17(15,4)5/h14-15,18H,6-13H2,1-5H3. The molecule has 0 aliphatic heterocycles. The van der Waals surface area contributed by atoms with Gasteiger partial charge in [0.25, 0.3) is 0 Å². The van der Waals surface area contributed by atoms with E-state index in [9.17, 15) is 5.11 Å². The molecule has 0 aromatic heterocycles. The first-order chi connectivity index (χ1) is 8.35. The first-order valence-electron chi connectivity index (χ1n) is 8.03. The summed E-state index contributed by atoms with van der Waals surface area (Å²) in [4.78, 5) is 0. The van der Waals surface area contributed by atoms with E-state index in [-0.39, 0.29) is 6.10 Å². The summed E-state index contributed by atoms with van der Waals surface area (Å²) >= 11 is 0. The summed E-state index contributed by atoms with van der Waals surface area (Å²) in [5.74, 6) is 0.505. The van der Waals surface area contributed by atoms with Crippen molar-refractivity contribution < 1.29 is 5.11 Å². The molecule has 18 heavy (non-hydrogen) atoms. The lowest BCUT2D eigenvalue weighted by molar-refractivity contribution is 0.117. The molecule has 0 aromatic rings. The van der Waals surface area contributed by atoms with Crippen molar-refractivity contribution in [2.75, 3.05) is 0 Å². The van der Waals surface area contributed by atoms with E-state index in [0.717, 1.165) is 6.42 Å². The van der Waals surface area contributed by atoms with Crippen LogP contribution in [0.15, 0.2) is 0 Å². The molecule has 1 saturated carbocycles. The maximum atomic E-state index is 10.3. The minimum absolute atomic E-state index is 0.0781. The Labute approximate surface area is 114 Å². The largest absolute Gasteiger partial charge is 0.393 e.